The summed E-state index contributed by atoms with van der Waals surface area (Å²) in [7, 11) is 0. The maximum Gasteiger partial charge on any atom is 0.363 e. The number of benzene rings is 1. The highest BCUT2D eigenvalue weighted by atomic mass is 35.5. The average Bonchev–Trinajstić information content (AvgIpc) is 2.21. The normalized spacial score (nSPS) is 11.9. The number of halogens is 3. The first-order chi connectivity index (χ1) is 7.10. The van der Waals surface area contributed by atoms with Crippen LogP contribution in [0.2, 0.25) is 10.0 Å². The Bertz CT molecular complexity index is 395. The minimum atomic E-state index is -1.38. The number of hydrogen-bond donors (Lipinski definition) is 0. The molecular formula is C9H5Cl2FO3. The quantitative estimate of drug-likeness (QED) is 0.612. The summed E-state index contributed by atoms with van der Waals surface area (Å²) in [4.78, 5) is 24.4. The number of carbonyl (C=O) groups excluding carboxylic acids is 2. The lowest BCUT2D eigenvalue weighted by atomic mass is 10.0. The summed E-state index contributed by atoms with van der Waals surface area (Å²) in [6, 6.07) is 4.14. The molecule has 0 radical (unpaired) electrons. The van der Waals surface area contributed by atoms with Crippen LogP contribution in [0.15, 0.2) is 18.2 Å². The predicted octanol–water partition coefficient (Wildman–Crippen LogP) is 2.70. The van der Waals surface area contributed by atoms with Crippen molar-refractivity contribution in [3.05, 3.63) is 33.8 Å². The van der Waals surface area contributed by atoms with Crippen LogP contribution < -0.4 is 0 Å². The molecule has 0 N–H and O–H groups in total. The maximum absolute atomic E-state index is 11.6. The minimum Gasteiger partial charge on any atom is -0.302 e. The zero-order valence-corrected chi connectivity index (χ0v) is 8.76. The number of hydrogen-bond acceptors (Lipinski definition) is 3. The smallest absolute Gasteiger partial charge is 0.302 e. The Morgan fingerprint density at radius 3 is 2.60 bits per heavy atom. The van der Waals surface area contributed by atoms with Crippen LogP contribution in [0.4, 0.5) is 4.53 Å². The fourth-order valence-corrected chi connectivity index (χ4v) is 1.58. The van der Waals surface area contributed by atoms with Crippen molar-refractivity contribution in [1.29, 1.82) is 0 Å². The Balaban J connectivity index is 3.12. The fraction of sp³-hybridized carbons (Fsp3) is 0.111. The van der Waals surface area contributed by atoms with Gasteiger partial charge in [-0.05, 0) is 17.7 Å². The molecule has 15 heavy (non-hydrogen) atoms. The van der Waals surface area contributed by atoms with E-state index in [4.69, 9.17) is 23.2 Å². The van der Waals surface area contributed by atoms with E-state index in [1.54, 1.807) is 0 Å². The van der Waals surface area contributed by atoms with Gasteiger partial charge in [-0.25, -0.2) is 4.79 Å². The SMILES string of the molecule is O=CC(C(=O)OF)c1ccc(Cl)cc1Cl. The number of rotatable bonds is 3. The molecule has 0 aromatic heterocycles. The van der Waals surface area contributed by atoms with Crippen LogP contribution in [0, 0.1) is 0 Å². The van der Waals surface area contributed by atoms with Gasteiger partial charge < -0.3 is 4.79 Å². The molecule has 6 heteroatoms. The standard InChI is InChI=1S/C9H5Cl2FO3/c10-5-1-2-6(8(11)3-5)7(4-13)9(14)15-12/h1-4,7H. The number of aldehydes is 1. The van der Waals surface area contributed by atoms with Gasteiger partial charge >= 0.3 is 5.97 Å². The summed E-state index contributed by atoms with van der Waals surface area (Å²) >= 11 is 11.3. The van der Waals surface area contributed by atoms with Gasteiger partial charge in [-0.15, -0.1) is 0 Å². The van der Waals surface area contributed by atoms with Gasteiger partial charge in [0, 0.05) is 14.6 Å². The first-order valence-electron chi connectivity index (χ1n) is 3.82. The first kappa shape index (κ1) is 11.9. The lowest BCUT2D eigenvalue weighted by Gasteiger charge is -2.08. The van der Waals surface area contributed by atoms with Crippen molar-refractivity contribution in [2.45, 2.75) is 5.92 Å². The third kappa shape index (κ3) is 2.67. The van der Waals surface area contributed by atoms with Gasteiger partial charge in [0.15, 0.2) is 0 Å². The second-order valence-corrected chi connectivity index (χ2v) is 3.52. The summed E-state index contributed by atoms with van der Waals surface area (Å²) in [5.74, 6) is -2.69. The highest BCUT2D eigenvalue weighted by Crippen LogP contribution is 2.27. The Labute approximate surface area is 94.6 Å². The highest BCUT2D eigenvalue weighted by Gasteiger charge is 2.24. The molecule has 0 aliphatic rings. The largest absolute Gasteiger partial charge is 0.363 e. The second kappa shape index (κ2) is 5.09. The molecule has 1 rings (SSSR count). The molecule has 0 aliphatic heterocycles. The third-order valence-corrected chi connectivity index (χ3v) is 2.33. The monoisotopic (exact) mass is 250 g/mol. The van der Waals surface area contributed by atoms with Gasteiger partial charge in [-0.2, -0.15) is 0 Å². The molecule has 0 aliphatic carbocycles. The Kier molecular flexibility index (Phi) is 4.05. The van der Waals surface area contributed by atoms with Gasteiger partial charge in [-0.1, -0.05) is 29.3 Å². The molecule has 0 spiro atoms. The molecule has 0 saturated carbocycles. The summed E-state index contributed by atoms with van der Waals surface area (Å²) in [6.45, 7) is 0. The molecule has 0 saturated heterocycles. The van der Waals surface area contributed by atoms with E-state index < -0.39 is 11.9 Å². The zero-order chi connectivity index (χ0) is 11.4. The molecule has 0 bridgehead atoms. The van der Waals surface area contributed by atoms with Crippen molar-refractivity contribution in [3.8, 4) is 0 Å². The van der Waals surface area contributed by atoms with Gasteiger partial charge in [0.1, 0.15) is 12.2 Å². The molecular weight excluding hydrogens is 246 g/mol. The summed E-state index contributed by atoms with van der Waals surface area (Å²) in [6.07, 6.45) is 0.247. The molecule has 1 aromatic carbocycles. The van der Waals surface area contributed by atoms with Crippen molar-refractivity contribution in [1.82, 2.24) is 0 Å². The van der Waals surface area contributed by atoms with Crippen molar-refractivity contribution in [2.24, 2.45) is 0 Å². The molecule has 0 heterocycles. The van der Waals surface area contributed by atoms with Gasteiger partial charge in [0.25, 0.3) is 0 Å². The number of carbonyl (C=O) groups is 2. The van der Waals surface area contributed by atoms with E-state index in [-0.39, 0.29) is 16.9 Å². The van der Waals surface area contributed by atoms with Crippen molar-refractivity contribution in [3.63, 3.8) is 0 Å². The van der Waals surface area contributed by atoms with Crippen LogP contribution in [-0.4, -0.2) is 12.3 Å². The fourth-order valence-electron chi connectivity index (χ4n) is 1.06. The molecule has 1 aromatic rings. The lowest BCUT2D eigenvalue weighted by molar-refractivity contribution is -0.185. The molecule has 0 fully saturated rings. The van der Waals surface area contributed by atoms with Crippen molar-refractivity contribution < 1.29 is 19.1 Å². The summed E-state index contributed by atoms with van der Waals surface area (Å²) < 4.78 is 11.6. The molecule has 80 valence electrons. The zero-order valence-electron chi connectivity index (χ0n) is 7.25. The van der Waals surface area contributed by atoms with Crippen molar-refractivity contribution in [2.75, 3.05) is 0 Å². The van der Waals surface area contributed by atoms with Gasteiger partial charge in [0.2, 0.25) is 0 Å². The lowest BCUT2D eigenvalue weighted by Crippen LogP contribution is -2.14. The van der Waals surface area contributed by atoms with E-state index in [2.05, 4.69) is 4.94 Å². The minimum absolute atomic E-state index is 0.102. The van der Waals surface area contributed by atoms with Crippen LogP contribution in [0.25, 0.3) is 0 Å². The van der Waals surface area contributed by atoms with Crippen LogP contribution in [0.1, 0.15) is 11.5 Å². The topological polar surface area (TPSA) is 43.4 Å². The summed E-state index contributed by atoms with van der Waals surface area (Å²) in [5, 5.41) is 0.451. The van der Waals surface area contributed by atoms with Crippen LogP contribution in [0.5, 0.6) is 0 Å². The molecule has 1 unspecified atom stereocenters. The average molecular weight is 251 g/mol. The first-order valence-corrected chi connectivity index (χ1v) is 4.58. The van der Waals surface area contributed by atoms with E-state index in [1.807, 2.05) is 0 Å². The Morgan fingerprint density at radius 2 is 2.13 bits per heavy atom. The van der Waals surface area contributed by atoms with Gasteiger partial charge in [-0.3, -0.25) is 4.94 Å². The molecule has 3 nitrogen and oxygen atoms in total. The third-order valence-electron chi connectivity index (χ3n) is 1.76. The van der Waals surface area contributed by atoms with E-state index in [9.17, 15) is 14.1 Å². The highest BCUT2D eigenvalue weighted by molar-refractivity contribution is 6.35. The van der Waals surface area contributed by atoms with Crippen molar-refractivity contribution >= 4 is 35.5 Å². The molecule has 0 amide bonds. The van der Waals surface area contributed by atoms with Gasteiger partial charge in [0.05, 0.1) is 0 Å². The summed E-state index contributed by atoms with van der Waals surface area (Å²) in [5.41, 5.74) is 0.152. The Hall–Kier alpha value is -1.13. The Morgan fingerprint density at radius 1 is 1.47 bits per heavy atom. The van der Waals surface area contributed by atoms with Crippen LogP contribution in [0.3, 0.4) is 0 Å². The van der Waals surface area contributed by atoms with E-state index in [0.717, 1.165) is 0 Å². The second-order valence-electron chi connectivity index (χ2n) is 2.68. The predicted molar refractivity (Wildman–Crippen MR) is 52.5 cm³/mol. The van der Waals surface area contributed by atoms with Crippen LogP contribution in [-0.2, 0) is 14.5 Å². The van der Waals surface area contributed by atoms with E-state index >= 15 is 0 Å². The molecule has 1 atom stereocenters. The van der Waals surface area contributed by atoms with E-state index in [1.165, 1.54) is 18.2 Å². The maximum atomic E-state index is 11.6. The van der Waals surface area contributed by atoms with Crippen LogP contribution >= 0.6 is 23.2 Å². The van der Waals surface area contributed by atoms with E-state index in [0.29, 0.717) is 5.02 Å².